The molecule has 0 atom stereocenters. The number of carbonyl (C=O) groups is 1. The Kier molecular flexibility index (Phi) is 9.36. The van der Waals surface area contributed by atoms with Crippen molar-refractivity contribution in [2.45, 2.75) is 71.7 Å². The van der Waals surface area contributed by atoms with E-state index in [1.165, 1.54) is 11.1 Å². The largest absolute Gasteiger partial charge is 0.473 e. The molecule has 2 aliphatic rings. The molecule has 1 aliphatic carbocycles. The normalized spacial score (nSPS) is 15.9. The first-order valence-corrected chi connectivity index (χ1v) is 17.6. The lowest BCUT2D eigenvalue weighted by molar-refractivity contribution is 0.00896. The summed E-state index contributed by atoms with van der Waals surface area (Å²) in [5.41, 5.74) is 7.23. The van der Waals surface area contributed by atoms with E-state index in [0.29, 0.717) is 25.0 Å². The number of rotatable bonds is 8. The van der Waals surface area contributed by atoms with Crippen molar-refractivity contribution in [2.75, 3.05) is 13.1 Å². The molecule has 1 aliphatic heterocycles. The second-order valence-electron chi connectivity index (χ2n) is 14.7. The number of ether oxygens (including phenoxy) is 3. The maximum atomic E-state index is 12.6. The number of allylic oxidation sites excluding steroid dienone is 2. The van der Waals surface area contributed by atoms with Crippen molar-refractivity contribution in [2.24, 2.45) is 12.5 Å². The van der Waals surface area contributed by atoms with Gasteiger partial charge in [0.15, 0.2) is 0 Å². The van der Waals surface area contributed by atoms with E-state index >= 15 is 0 Å². The SMILES string of the molecule is Cn1nc(-c2ccc(OCc3ccccc3)nc2OCc2ccccc2)c2ccc(C3=CCC4(CC3)CCN(C(=O)OC(C)(C)C)CC4)cc21. The van der Waals surface area contributed by atoms with Gasteiger partial charge in [0.25, 0.3) is 0 Å². The standard InChI is InChI=1S/C42H46N4O4/c1-41(2,3)50-40(47)46-25-23-42(24-26-46)21-19-32(20-22-42)33-15-16-34-36(27-33)45(4)44-38(34)35-17-18-37(48-28-30-11-7-5-8-12-30)43-39(35)49-29-31-13-9-6-10-14-31/h5-19,27H,20-26,28-29H2,1-4H3. The van der Waals surface area contributed by atoms with Gasteiger partial charge in [-0.2, -0.15) is 10.1 Å². The molecule has 0 unspecified atom stereocenters. The molecule has 1 spiro atoms. The van der Waals surface area contributed by atoms with Gasteiger partial charge < -0.3 is 19.1 Å². The Morgan fingerprint density at radius 3 is 2.16 bits per heavy atom. The maximum Gasteiger partial charge on any atom is 0.410 e. The van der Waals surface area contributed by atoms with Crippen LogP contribution in [0.3, 0.4) is 0 Å². The molecule has 0 saturated carbocycles. The summed E-state index contributed by atoms with van der Waals surface area (Å²) in [6, 6.07) is 30.7. The third kappa shape index (κ3) is 7.54. The van der Waals surface area contributed by atoms with Crippen LogP contribution in [0.1, 0.15) is 69.6 Å². The van der Waals surface area contributed by atoms with Gasteiger partial charge in [-0.3, -0.25) is 4.68 Å². The molecule has 7 rings (SSSR count). The molecule has 3 aromatic carbocycles. The van der Waals surface area contributed by atoms with E-state index in [9.17, 15) is 4.79 Å². The van der Waals surface area contributed by atoms with E-state index in [1.54, 1.807) is 0 Å². The topological polar surface area (TPSA) is 78.7 Å². The summed E-state index contributed by atoms with van der Waals surface area (Å²) in [5, 5.41) is 6.04. The lowest BCUT2D eigenvalue weighted by Crippen LogP contribution is -2.45. The third-order valence-electron chi connectivity index (χ3n) is 9.94. The molecule has 0 radical (unpaired) electrons. The number of hydrogen-bond acceptors (Lipinski definition) is 6. The zero-order valence-corrected chi connectivity index (χ0v) is 29.5. The lowest BCUT2D eigenvalue weighted by Gasteiger charge is -2.43. The van der Waals surface area contributed by atoms with Crippen LogP contribution in [0.5, 0.6) is 11.8 Å². The Hall–Kier alpha value is -5.11. The Balaban J connectivity index is 1.10. The van der Waals surface area contributed by atoms with Gasteiger partial charge in [0.1, 0.15) is 24.5 Å². The number of piperidine rings is 1. The van der Waals surface area contributed by atoms with Crippen LogP contribution in [0.15, 0.2) is 97.1 Å². The first kappa shape index (κ1) is 33.4. The molecule has 258 valence electrons. The van der Waals surface area contributed by atoms with Crippen molar-refractivity contribution in [3.05, 3.63) is 114 Å². The van der Waals surface area contributed by atoms with Crippen LogP contribution >= 0.6 is 0 Å². The number of aryl methyl sites for hydroxylation is 1. The molecule has 0 bridgehead atoms. The summed E-state index contributed by atoms with van der Waals surface area (Å²) in [6.45, 7) is 8.08. The van der Waals surface area contributed by atoms with Gasteiger partial charge in [0.05, 0.1) is 11.1 Å². The highest BCUT2D eigenvalue weighted by atomic mass is 16.6. The molecule has 5 aromatic rings. The third-order valence-corrected chi connectivity index (χ3v) is 9.94. The minimum Gasteiger partial charge on any atom is -0.473 e. The average molecular weight is 671 g/mol. The van der Waals surface area contributed by atoms with Crippen molar-refractivity contribution in [3.63, 3.8) is 0 Å². The Labute approximate surface area is 294 Å². The first-order valence-electron chi connectivity index (χ1n) is 17.6. The summed E-state index contributed by atoms with van der Waals surface area (Å²) >= 11 is 0. The number of fused-ring (bicyclic) bond motifs is 1. The summed E-state index contributed by atoms with van der Waals surface area (Å²) in [4.78, 5) is 19.3. The van der Waals surface area contributed by atoms with Crippen molar-refractivity contribution in [3.8, 4) is 23.0 Å². The van der Waals surface area contributed by atoms with E-state index in [1.807, 2.05) is 110 Å². The summed E-state index contributed by atoms with van der Waals surface area (Å²) in [6.07, 6.45) is 7.44. The van der Waals surface area contributed by atoms with Gasteiger partial charge in [-0.15, -0.1) is 0 Å². The number of nitrogens with zero attached hydrogens (tertiary/aromatic N) is 4. The highest BCUT2D eigenvalue weighted by molar-refractivity contribution is 5.96. The molecule has 50 heavy (non-hydrogen) atoms. The number of hydrogen-bond donors (Lipinski definition) is 0. The minimum atomic E-state index is -0.470. The maximum absolute atomic E-state index is 12.6. The lowest BCUT2D eigenvalue weighted by atomic mass is 9.68. The van der Waals surface area contributed by atoms with E-state index < -0.39 is 5.60 Å². The molecule has 0 N–H and O–H groups in total. The monoisotopic (exact) mass is 670 g/mol. The van der Waals surface area contributed by atoms with Crippen LogP contribution in [0.4, 0.5) is 4.79 Å². The molecule has 8 heteroatoms. The van der Waals surface area contributed by atoms with Gasteiger partial charge in [-0.25, -0.2) is 4.79 Å². The smallest absolute Gasteiger partial charge is 0.410 e. The fourth-order valence-corrected chi connectivity index (χ4v) is 7.06. The van der Waals surface area contributed by atoms with Gasteiger partial charge in [-0.05, 0) is 98.8 Å². The Morgan fingerprint density at radius 1 is 0.840 bits per heavy atom. The Bertz CT molecular complexity index is 1990. The number of carbonyl (C=O) groups excluding carboxylic acids is 1. The average Bonchev–Trinajstić information content (AvgIpc) is 3.45. The molecular weight excluding hydrogens is 624 g/mol. The van der Waals surface area contributed by atoms with Crippen molar-refractivity contribution < 1.29 is 19.0 Å². The highest BCUT2D eigenvalue weighted by Gasteiger charge is 2.38. The van der Waals surface area contributed by atoms with Crippen LogP contribution in [-0.2, 0) is 25.0 Å². The van der Waals surface area contributed by atoms with Crippen molar-refractivity contribution in [1.29, 1.82) is 0 Å². The van der Waals surface area contributed by atoms with E-state index in [-0.39, 0.29) is 11.5 Å². The van der Waals surface area contributed by atoms with Gasteiger partial charge in [0, 0.05) is 31.6 Å². The zero-order chi connectivity index (χ0) is 34.7. The quantitative estimate of drug-likeness (QED) is 0.164. The van der Waals surface area contributed by atoms with E-state index in [4.69, 9.17) is 24.3 Å². The van der Waals surface area contributed by atoms with Crippen LogP contribution < -0.4 is 9.47 Å². The summed E-state index contributed by atoms with van der Waals surface area (Å²) in [5.74, 6) is 0.988. The number of pyridine rings is 1. The molecule has 1 fully saturated rings. The predicted octanol–water partition coefficient (Wildman–Crippen LogP) is 9.38. The number of amides is 1. The minimum absolute atomic E-state index is 0.193. The van der Waals surface area contributed by atoms with Crippen LogP contribution in [0.25, 0.3) is 27.7 Å². The predicted molar refractivity (Wildman–Crippen MR) is 197 cm³/mol. The molecule has 1 saturated heterocycles. The van der Waals surface area contributed by atoms with Gasteiger partial charge >= 0.3 is 6.09 Å². The number of benzene rings is 3. The second-order valence-corrected chi connectivity index (χ2v) is 14.7. The van der Waals surface area contributed by atoms with Crippen LogP contribution in [-0.4, -0.2) is 44.4 Å². The highest BCUT2D eigenvalue weighted by Crippen LogP contribution is 2.46. The molecule has 1 amide bonds. The fourth-order valence-electron chi connectivity index (χ4n) is 7.06. The molecule has 8 nitrogen and oxygen atoms in total. The van der Waals surface area contributed by atoms with Crippen molar-refractivity contribution in [1.82, 2.24) is 19.7 Å². The fraction of sp³-hybridized carbons (Fsp3) is 0.357. The van der Waals surface area contributed by atoms with Crippen molar-refractivity contribution >= 4 is 22.6 Å². The molecule has 2 aromatic heterocycles. The van der Waals surface area contributed by atoms with Gasteiger partial charge in [-0.1, -0.05) is 72.8 Å². The van der Waals surface area contributed by atoms with E-state index in [0.717, 1.165) is 78.5 Å². The number of aromatic nitrogens is 3. The van der Waals surface area contributed by atoms with Gasteiger partial charge in [0.2, 0.25) is 11.8 Å². The number of likely N-dealkylation sites (tertiary alicyclic amines) is 1. The summed E-state index contributed by atoms with van der Waals surface area (Å²) in [7, 11) is 1.99. The zero-order valence-electron chi connectivity index (χ0n) is 29.5. The molecule has 3 heterocycles. The van der Waals surface area contributed by atoms with E-state index in [2.05, 4.69) is 24.3 Å². The Morgan fingerprint density at radius 2 is 1.52 bits per heavy atom. The first-order chi connectivity index (χ1) is 24.1. The summed E-state index contributed by atoms with van der Waals surface area (Å²) < 4.78 is 20.0. The molecular formula is C42H46N4O4. The van der Waals surface area contributed by atoms with Crippen LogP contribution in [0.2, 0.25) is 0 Å². The second kappa shape index (κ2) is 14.0. The van der Waals surface area contributed by atoms with Crippen LogP contribution in [0, 0.1) is 5.41 Å².